The Kier molecular flexibility index (Phi) is 5.88. The molecule has 0 radical (unpaired) electrons. The predicted octanol–water partition coefficient (Wildman–Crippen LogP) is 2.49. The Morgan fingerprint density at radius 1 is 1.46 bits per heavy atom. The van der Waals surface area contributed by atoms with Gasteiger partial charge in [-0.3, -0.25) is 0 Å². The fourth-order valence-electron chi connectivity index (χ4n) is 1.08. The number of halogens is 2. The van der Waals surface area contributed by atoms with E-state index in [1.54, 1.807) is 7.11 Å². The minimum Gasteiger partial charge on any atom is -0.496 e. The van der Waals surface area contributed by atoms with E-state index in [1.165, 1.54) is 0 Å². The highest BCUT2D eigenvalue weighted by atomic mass is 35.5. The number of ether oxygens (including phenoxy) is 1. The molecule has 1 aromatic carbocycles. The summed E-state index contributed by atoms with van der Waals surface area (Å²) in [7, 11) is 3.54. The van der Waals surface area contributed by atoms with E-state index in [9.17, 15) is 0 Å². The minimum absolute atomic E-state index is 0. The van der Waals surface area contributed by atoms with E-state index in [0.29, 0.717) is 0 Å². The average Bonchev–Trinajstić information content (AvgIpc) is 2.05. The van der Waals surface area contributed by atoms with Crippen molar-refractivity contribution in [1.29, 1.82) is 0 Å². The van der Waals surface area contributed by atoms with Crippen LogP contribution in [0.2, 0.25) is 5.02 Å². The Balaban J connectivity index is 0.00000144. The summed E-state index contributed by atoms with van der Waals surface area (Å²) in [6, 6.07) is 5.59. The molecule has 2 nitrogen and oxygen atoms in total. The third-order valence-corrected chi connectivity index (χ3v) is 1.84. The molecule has 13 heavy (non-hydrogen) atoms. The molecule has 0 aliphatic rings. The van der Waals surface area contributed by atoms with Gasteiger partial charge in [0.15, 0.2) is 0 Å². The van der Waals surface area contributed by atoms with Gasteiger partial charge in [0.25, 0.3) is 0 Å². The molecular formula is C9H13Cl2NO. The van der Waals surface area contributed by atoms with Gasteiger partial charge in [-0.15, -0.1) is 12.4 Å². The Hall–Kier alpha value is -0.440. The van der Waals surface area contributed by atoms with Crippen molar-refractivity contribution in [2.24, 2.45) is 0 Å². The number of nitrogens with one attached hydrogen (secondary N) is 1. The lowest BCUT2D eigenvalue weighted by Crippen LogP contribution is -2.06. The van der Waals surface area contributed by atoms with Gasteiger partial charge in [-0.1, -0.05) is 11.6 Å². The number of rotatable bonds is 3. The molecule has 4 heteroatoms. The first-order valence-electron chi connectivity index (χ1n) is 3.75. The lowest BCUT2D eigenvalue weighted by molar-refractivity contribution is 0.408. The van der Waals surface area contributed by atoms with Crippen molar-refractivity contribution in [3.05, 3.63) is 28.8 Å². The molecule has 0 aliphatic carbocycles. The van der Waals surface area contributed by atoms with Crippen LogP contribution >= 0.6 is 24.0 Å². The molecule has 0 aliphatic heterocycles. The van der Waals surface area contributed by atoms with Gasteiger partial charge in [0.1, 0.15) is 5.75 Å². The van der Waals surface area contributed by atoms with Crippen LogP contribution in [0.15, 0.2) is 18.2 Å². The molecule has 0 saturated heterocycles. The maximum Gasteiger partial charge on any atom is 0.123 e. The lowest BCUT2D eigenvalue weighted by atomic mass is 10.2. The number of hydrogen-bond donors (Lipinski definition) is 1. The van der Waals surface area contributed by atoms with E-state index in [1.807, 2.05) is 25.2 Å². The quantitative estimate of drug-likeness (QED) is 0.848. The second-order valence-corrected chi connectivity index (χ2v) is 2.92. The maximum absolute atomic E-state index is 5.83. The first kappa shape index (κ1) is 12.6. The van der Waals surface area contributed by atoms with Gasteiger partial charge in [-0.25, -0.2) is 0 Å². The molecule has 1 N–H and O–H groups in total. The van der Waals surface area contributed by atoms with Crippen molar-refractivity contribution >= 4 is 24.0 Å². The first-order valence-corrected chi connectivity index (χ1v) is 4.12. The largest absolute Gasteiger partial charge is 0.496 e. The average molecular weight is 222 g/mol. The van der Waals surface area contributed by atoms with E-state index in [-0.39, 0.29) is 12.4 Å². The standard InChI is InChI=1S/C9H12ClNO.ClH/c1-11-6-7-5-8(10)3-4-9(7)12-2;/h3-5,11H,6H2,1-2H3;1H. The molecule has 0 bridgehead atoms. The third kappa shape index (κ3) is 3.43. The topological polar surface area (TPSA) is 21.3 Å². The lowest BCUT2D eigenvalue weighted by Gasteiger charge is -2.07. The summed E-state index contributed by atoms with van der Waals surface area (Å²) >= 11 is 5.83. The zero-order valence-electron chi connectivity index (χ0n) is 7.63. The van der Waals surface area contributed by atoms with Crippen LogP contribution in [0, 0.1) is 0 Å². The van der Waals surface area contributed by atoms with Gasteiger partial charge in [0.2, 0.25) is 0 Å². The van der Waals surface area contributed by atoms with E-state index < -0.39 is 0 Å². The molecule has 74 valence electrons. The highest BCUT2D eigenvalue weighted by Crippen LogP contribution is 2.21. The Labute approximate surface area is 89.6 Å². The van der Waals surface area contributed by atoms with Crippen LogP contribution in [0.25, 0.3) is 0 Å². The molecule has 0 saturated carbocycles. The van der Waals surface area contributed by atoms with Crippen LogP contribution in [-0.4, -0.2) is 14.2 Å². The molecule has 0 unspecified atom stereocenters. The van der Waals surface area contributed by atoms with Crippen LogP contribution < -0.4 is 10.1 Å². The highest BCUT2D eigenvalue weighted by Gasteiger charge is 2.01. The molecule has 1 rings (SSSR count). The number of benzene rings is 1. The summed E-state index contributed by atoms with van der Waals surface area (Å²) in [5, 5.41) is 3.78. The maximum atomic E-state index is 5.83. The van der Waals surface area contributed by atoms with Gasteiger partial charge in [0.05, 0.1) is 7.11 Å². The fourth-order valence-corrected chi connectivity index (χ4v) is 1.27. The summed E-state index contributed by atoms with van der Waals surface area (Å²) in [6.45, 7) is 0.768. The zero-order valence-corrected chi connectivity index (χ0v) is 9.21. The van der Waals surface area contributed by atoms with Crippen molar-refractivity contribution in [2.75, 3.05) is 14.2 Å². The van der Waals surface area contributed by atoms with Crippen molar-refractivity contribution < 1.29 is 4.74 Å². The Bertz CT molecular complexity index is 266. The van der Waals surface area contributed by atoms with Gasteiger partial charge in [-0.2, -0.15) is 0 Å². The zero-order chi connectivity index (χ0) is 8.97. The van der Waals surface area contributed by atoms with Gasteiger partial charge < -0.3 is 10.1 Å². The molecule has 0 fully saturated rings. The van der Waals surface area contributed by atoms with Crippen LogP contribution in [-0.2, 0) is 6.54 Å². The predicted molar refractivity (Wildman–Crippen MR) is 58.0 cm³/mol. The molecule has 0 heterocycles. The summed E-state index contributed by atoms with van der Waals surface area (Å²) in [5.74, 6) is 0.869. The summed E-state index contributed by atoms with van der Waals surface area (Å²) < 4.78 is 5.15. The molecule has 0 amide bonds. The van der Waals surface area contributed by atoms with E-state index >= 15 is 0 Å². The van der Waals surface area contributed by atoms with Crippen molar-refractivity contribution in [1.82, 2.24) is 5.32 Å². The Morgan fingerprint density at radius 2 is 2.15 bits per heavy atom. The first-order chi connectivity index (χ1) is 5.77. The summed E-state index contributed by atoms with van der Waals surface area (Å²) in [4.78, 5) is 0. The van der Waals surface area contributed by atoms with Crippen LogP contribution in [0.4, 0.5) is 0 Å². The monoisotopic (exact) mass is 221 g/mol. The molecule has 0 spiro atoms. The minimum atomic E-state index is 0. The van der Waals surface area contributed by atoms with Gasteiger partial charge in [0, 0.05) is 17.1 Å². The van der Waals surface area contributed by atoms with Crippen molar-refractivity contribution in [3.8, 4) is 5.75 Å². The van der Waals surface area contributed by atoms with Gasteiger partial charge in [-0.05, 0) is 25.2 Å². The van der Waals surface area contributed by atoms with E-state index in [4.69, 9.17) is 16.3 Å². The molecule has 0 aromatic heterocycles. The van der Waals surface area contributed by atoms with Crippen LogP contribution in [0.5, 0.6) is 5.75 Å². The van der Waals surface area contributed by atoms with Crippen molar-refractivity contribution in [2.45, 2.75) is 6.54 Å². The second-order valence-electron chi connectivity index (χ2n) is 2.49. The number of methoxy groups -OCH3 is 1. The molecule has 1 aromatic rings. The smallest absolute Gasteiger partial charge is 0.123 e. The summed E-state index contributed by atoms with van der Waals surface area (Å²) in [6.07, 6.45) is 0. The fraction of sp³-hybridized carbons (Fsp3) is 0.333. The van der Waals surface area contributed by atoms with E-state index in [2.05, 4.69) is 5.32 Å². The van der Waals surface area contributed by atoms with E-state index in [0.717, 1.165) is 22.9 Å². The SMILES string of the molecule is CNCc1cc(Cl)ccc1OC.Cl. The van der Waals surface area contributed by atoms with Crippen LogP contribution in [0.3, 0.4) is 0 Å². The third-order valence-electron chi connectivity index (χ3n) is 1.61. The van der Waals surface area contributed by atoms with Crippen molar-refractivity contribution in [3.63, 3.8) is 0 Å². The highest BCUT2D eigenvalue weighted by molar-refractivity contribution is 6.30. The van der Waals surface area contributed by atoms with Crippen LogP contribution in [0.1, 0.15) is 5.56 Å². The summed E-state index contributed by atoms with van der Waals surface area (Å²) in [5.41, 5.74) is 1.08. The molecular weight excluding hydrogens is 209 g/mol. The second kappa shape index (κ2) is 6.08. The molecule has 0 atom stereocenters. The number of hydrogen-bond acceptors (Lipinski definition) is 2. The Morgan fingerprint density at radius 3 is 2.69 bits per heavy atom. The normalized spacial score (nSPS) is 9.15. The van der Waals surface area contributed by atoms with Gasteiger partial charge >= 0.3 is 0 Å².